The third kappa shape index (κ3) is 4.60. The van der Waals surface area contributed by atoms with Crippen LogP contribution in [0.3, 0.4) is 0 Å². The van der Waals surface area contributed by atoms with Gasteiger partial charge in [0, 0.05) is 42.9 Å². The van der Waals surface area contributed by atoms with Gasteiger partial charge in [-0.1, -0.05) is 31.5 Å². The minimum atomic E-state index is 0.486. The molecule has 1 aromatic carbocycles. The van der Waals surface area contributed by atoms with Gasteiger partial charge in [-0.2, -0.15) is 0 Å². The van der Waals surface area contributed by atoms with Gasteiger partial charge in [-0.25, -0.2) is 0 Å². The Balaban J connectivity index is 2.17. The summed E-state index contributed by atoms with van der Waals surface area (Å²) in [6.07, 6.45) is 2.52. The molecule has 0 aliphatic carbocycles. The maximum absolute atomic E-state index is 6.23. The van der Waals surface area contributed by atoms with Gasteiger partial charge in [-0.3, -0.25) is 0 Å². The van der Waals surface area contributed by atoms with E-state index in [1.54, 1.807) is 0 Å². The number of likely N-dealkylation sites (N-methyl/N-ethyl adjacent to an activating group) is 2. The Morgan fingerprint density at radius 2 is 2.19 bits per heavy atom. The molecule has 0 amide bonds. The molecule has 0 aromatic heterocycles. The molecule has 1 aromatic rings. The first-order valence-corrected chi connectivity index (χ1v) is 8.28. The molecule has 1 unspecified atom stereocenters. The van der Waals surface area contributed by atoms with Gasteiger partial charge in [0.2, 0.25) is 0 Å². The predicted octanol–water partition coefficient (Wildman–Crippen LogP) is 3.37. The fourth-order valence-electron chi connectivity index (χ4n) is 2.98. The van der Waals surface area contributed by atoms with E-state index in [1.807, 2.05) is 6.07 Å². The normalized spacial score (nSPS) is 20.0. The molecular weight excluding hydrogens is 282 g/mol. The molecule has 1 aliphatic rings. The minimum Gasteiger partial charge on any atom is -0.370 e. The summed E-state index contributed by atoms with van der Waals surface area (Å²) >= 11 is 6.23. The Morgan fingerprint density at radius 3 is 2.86 bits per heavy atom. The highest BCUT2D eigenvalue weighted by molar-refractivity contribution is 6.30. The summed E-state index contributed by atoms with van der Waals surface area (Å²) in [7, 11) is 4.41. The summed E-state index contributed by atoms with van der Waals surface area (Å²) in [5, 5.41) is 4.32. The quantitative estimate of drug-likeness (QED) is 0.899. The third-order valence-electron chi connectivity index (χ3n) is 4.28. The summed E-state index contributed by atoms with van der Waals surface area (Å²) in [5.74, 6) is 0. The molecule has 1 aliphatic heterocycles. The van der Waals surface area contributed by atoms with E-state index in [-0.39, 0.29) is 0 Å². The number of anilines is 1. The van der Waals surface area contributed by atoms with E-state index in [1.165, 1.54) is 30.6 Å². The van der Waals surface area contributed by atoms with Crippen LogP contribution in [0.25, 0.3) is 0 Å². The van der Waals surface area contributed by atoms with Crippen molar-refractivity contribution in [2.24, 2.45) is 0 Å². The Morgan fingerprint density at radius 1 is 1.43 bits per heavy atom. The van der Waals surface area contributed by atoms with Gasteiger partial charge in [0.25, 0.3) is 0 Å². The van der Waals surface area contributed by atoms with Gasteiger partial charge in [0.1, 0.15) is 0 Å². The number of halogens is 1. The molecule has 1 atom stereocenters. The minimum absolute atomic E-state index is 0.486. The number of rotatable bonds is 5. The van der Waals surface area contributed by atoms with Gasteiger partial charge in [-0.05, 0) is 44.1 Å². The predicted molar refractivity (Wildman–Crippen MR) is 92.3 cm³/mol. The number of hydrogen-bond acceptors (Lipinski definition) is 3. The molecule has 118 valence electrons. The van der Waals surface area contributed by atoms with Crippen molar-refractivity contribution in [1.29, 1.82) is 0 Å². The zero-order valence-corrected chi connectivity index (χ0v) is 14.5. The number of benzene rings is 1. The fraction of sp³-hybridized carbons (Fsp3) is 0.647. The van der Waals surface area contributed by atoms with Gasteiger partial charge in [0.15, 0.2) is 0 Å². The molecular formula is C17H28ClN3. The second-order valence-electron chi connectivity index (χ2n) is 6.48. The first-order valence-electron chi connectivity index (χ1n) is 7.90. The van der Waals surface area contributed by atoms with Gasteiger partial charge in [-0.15, -0.1) is 0 Å². The van der Waals surface area contributed by atoms with E-state index in [9.17, 15) is 0 Å². The van der Waals surface area contributed by atoms with E-state index in [0.29, 0.717) is 12.1 Å². The highest BCUT2D eigenvalue weighted by Crippen LogP contribution is 2.28. The van der Waals surface area contributed by atoms with Gasteiger partial charge < -0.3 is 15.1 Å². The van der Waals surface area contributed by atoms with E-state index in [4.69, 9.17) is 11.6 Å². The second-order valence-corrected chi connectivity index (χ2v) is 6.91. The summed E-state index contributed by atoms with van der Waals surface area (Å²) in [6, 6.07) is 7.30. The number of hydrogen-bond donors (Lipinski definition) is 1. The average molecular weight is 310 g/mol. The lowest BCUT2D eigenvalue weighted by atomic mass is 10.0. The van der Waals surface area contributed by atoms with Crippen LogP contribution in [0.2, 0.25) is 5.02 Å². The van der Waals surface area contributed by atoms with E-state index in [0.717, 1.165) is 18.1 Å². The highest BCUT2D eigenvalue weighted by atomic mass is 35.5. The first kappa shape index (κ1) is 16.6. The molecule has 21 heavy (non-hydrogen) atoms. The first-order chi connectivity index (χ1) is 9.97. The lowest BCUT2D eigenvalue weighted by Gasteiger charge is -2.38. The van der Waals surface area contributed by atoms with Crippen molar-refractivity contribution in [1.82, 2.24) is 10.2 Å². The third-order valence-corrected chi connectivity index (χ3v) is 4.51. The number of likely N-dealkylation sites (tertiary alicyclic amines) is 1. The zero-order valence-electron chi connectivity index (χ0n) is 13.7. The van der Waals surface area contributed by atoms with Crippen molar-refractivity contribution >= 4 is 17.3 Å². The molecule has 3 nitrogen and oxygen atoms in total. The lowest BCUT2D eigenvalue weighted by Crippen LogP contribution is -2.45. The van der Waals surface area contributed by atoms with Crippen LogP contribution in [0.5, 0.6) is 0 Å². The molecule has 0 radical (unpaired) electrons. The Hall–Kier alpha value is -0.770. The Bertz CT molecular complexity index is 461. The van der Waals surface area contributed by atoms with Crippen LogP contribution in [-0.2, 0) is 6.54 Å². The molecule has 0 spiro atoms. The van der Waals surface area contributed by atoms with Crippen LogP contribution in [0.1, 0.15) is 32.3 Å². The van der Waals surface area contributed by atoms with Crippen LogP contribution >= 0.6 is 11.6 Å². The van der Waals surface area contributed by atoms with E-state index >= 15 is 0 Å². The molecule has 0 bridgehead atoms. The van der Waals surface area contributed by atoms with Crippen molar-refractivity contribution in [3.63, 3.8) is 0 Å². The summed E-state index contributed by atoms with van der Waals surface area (Å²) in [5.41, 5.74) is 2.58. The maximum atomic E-state index is 6.23. The van der Waals surface area contributed by atoms with Crippen LogP contribution in [0, 0.1) is 0 Å². The Labute approximate surface area is 134 Å². The molecule has 4 heteroatoms. The van der Waals surface area contributed by atoms with E-state index in [2.05, 4.69) is 55.2 Å². The van der Waals surface area contributed by atoms with Gasteiger partial charge >= 0.3 is 0 Å². The van der Waals surface area contributed by atoms with Crippen LogP contribution in [-0.4, -0.2) is 44.2 Å². The number of nitrogens with zero attached hydrogens (tertiary/aromatic N) is 2. The SMILES string of the molecule is CC(C)NCc1ccc(Cl)cc1N(C)C1CCCN(C)C1. The second kappa shape index (κ2) is 7.48. The van der Waals surface area contributed by atoms with Crippen molar-refractivity contribution in [3.8, 4) is 0 Å². The molecule has 1 N–H and O–H groups in total. The monoisotopic (exact) mass is 309 g/mol. The van der Waals surface area contributed by atoms with Crippen molar-refractivity contribution in [2.45, 2.75) is 45.3 Å². The molecule has 0 saturated carbocycles. The topological polar surface area (TPSA) is 18.5 Å². The lowest BCUT2D eigenvalue weighted by molar-refractivity contribution is 0.248. The van der Waals surface area contributed by atoms with Gasteiger partial charge in [0.05, 0.1) is 0 Å². The van der Waals surface area contributed by atoms with Crippen LogP contribution in [0.4, 0.5) is 5.69 Å². The maximum Gasteiger partial charge on any atom is 0.0427 e. The molecule has 1 saturated heterocycles. The number of nitrogens with one attached hydrogen (secondary N) is 1. The van der Waals surface area contributed by atoms with Crippen molar-refractivity contribution < 1.29 is 0 Å². The number of piperidine rings is 1. The Kier molecular flexibility index (Phi) is 5.91. The van der Waals surface area contributed by atoms with Crippen LogP contribution < -0.4 is 10.2 Å². The van der Waals surface area contributed by atoms with Crippen molar-refractivity contribution in [3.05, 3.63) is 28.8 Å². The van der Waals surface area contributed by atoms with Crippen LogP contribution in [0.15, 0.2) is 18.2 Å². The largest absolute Gasteiger partial charge is 0.370 e. The summed E-state index contributed by atoms with van der Waals surface area (Å²) in [4.78, 5) is 4.83. The standard InChI is InChI=1S/C17H28ClN3/c1-13(2)19-11-14-7-8-15(18)10-17(14)21(4)16-6-5-9-20(3)12-16/h7-8,10,13,16,19H,5-6,9,11-12H2,1-4H3. The highest BCUT2D eigenvalue weighted by Gasteiger charge is 2.22. The fourth-order valence-corrected chi connectivity index (χ4v) is 3.15. The van der Waals surface area contributed by atoms with E-state index < -0.39 is 0 Å². The molecule has 1 fully saturated rings. The smallest absolute Gasteiger partial charge is 0.0427 e. The summed E-state index contributed by atoms with van der Waals surface area (Å²) in [6.45, 7) is 7.57. The molecule has 2 rings (SSSR count). The van der Waals surface area contributed by atoms with Crippen molar-refractivity contribution in [2.75, 3.05) is 32.1 Å². The molecule has 1 heterocycles. The summed E-state index contributed by atoms with van der Waals surface area (Å²) < 4.78 is 0. The average Bonchev–Trinajstić information content (AvgIpc) is 2.45. The zero-order chi connectivity index (χ0) is 15.4.